The van der Waals surface area contributed by atoms with Crippen molar-refractivity contribution in [2.24, 2.45) is 0 Å². The first kappa shape index (κ1) is 17.2. The highest BCUT2D eigenvalue weighted by Gasteiger charge is 2.19. The number of aliphatic hydroxyl groups excluding tert-OH is 1. The predicted molar refractivity (Wildman–Crippen MR) is 95.3 cm³/mol. The highest BCUT2D eigenvalue weighted by molar-refractivity contribution is 5.86. The molecule has 1 aliphatic heterocycles. The highest BCUT2D eigenvalue weighted by atomic mass is 16.5. The van der Waals surface area contributed by atoms with E-state index in [9.17, 15) is 5.11 Å². The fourth-order valence-electron chi connectivity index (χ4n) is 3.47. The minimum atomic E-state index is 0.182. The molecule has 0 aromatic carbocycles. The molecule has 0 spiro atoms. The van der Waals surface area contributed by atoms with Crippen LogP contribution in [-0.2, 0) is 11.3 Å². The number of hydrogen-bond acceptors (Lipinski definition) is 5. The van der Waals surface area contributed by atoms with Gasteiger partial charge >= 0.3 is 0 Å². The molecular weight excluding hydrogens is 304 g/mol. The highest BCUT2D eigenvalue weighted by Crippen LogP contribution is 2.25. The molecule has 0 aliphatic carbocycles. The van der Waals surface area contributed by atoms with Crippen LogP contribution in [0.15, 0.2) is 12.3 Å². The van der Waals surface area contributed by atoms with E-state index < -0.39 is 0 Å². The third-order valence-corrected chi connectivity index (χ3v) is 4.60. The van der Waals surface area contributed by atoms with E-state index in [1.165, 1.54) is 0 Å². The molecular formula is C18H28N4O2. The van der Waals surface area contributed by atoms with E-state index in [1.807, 2.05) is 13.0 Å². The Hall–Kier alpha value is -1.66. The monoisotopic (exact) mass is 332 g/mol. The summed E-state index contributed by atoms with van der Waals surface area (Å²) in [6.45, 7) is 5.96. The molecule has 3 heterocycles. The number of hydrogen-bond donors (Lipinski definition) is 2. The Morgan fingerprint density at radius 2 is 2.29 bits per heavy atom. The standard InChI is InChI=1S/C18H28N4O2/c1-3-5-14(8-10-23)21-18-17-16(19-13(2)20-18)7-9-22(17)12-15-6-4-11-24-15/h7,9,14-15,23H,3-6,8,10-12H2,1-2H3,(H,19,20,21). The van der Waals surface area contributed by atoms with Crippen LogP contribution in [0.2, 0.25) is 0 Å². The molecule has 3 rings (SSSR count). The van der Waals surface area contributed by atoms with Gasteiger partial charge in [0.05, 0.1) is 11.6 Å². The summed E-state index contributed by atoms with van der Waals surface area (Å²) in [6, 6.07) is 2.27. The van der Waals surface area contributed by atoms with Crippen molar-refractivity contribution in [1.29, 1.82) is 0 Å². The number of nitrogens with one attached hydrogen (secondary N) is 1. The van der Waals surface area contributed by atoms with Crippen molar-refractivity contribution < 1.29 is 9.84 Å². The van der Waals surface area contributed by atoms with Crippen molar-refractivity contribution in [3.05, 3.63) is 18.1 Å². The second-order valence-corrected chi connectivity index (χ2v) is 6.60. The number of nitrogens with zero attached hydrogens (tertiary/aromatic N) is 3. The van der Waals surface area contributed by atoms with Gasteiger partial charge in [-0.05, 0) is 38.7 Å². The lowest BCUT2D eigenvalue weighted by Gasteiger charge is -2.20. The number of aliphatic hydroxyl groups is 1. The lowest BCUT2D eigenvalue weighted by atomic mass is 10.1. The van der Waals surface area contributed by atoms with Crippen LogP contribution in [0.3, 0.4) is 0 Å². The minimum absolute atomic E-state index is 0.182. The zero-order valence-electron chi connectivity index (χ0n) is 14.7. The van der Waals surface area contributed by atoms with Crippen LogP contribution in [0.5, 0.6) is 0 Å². The van der Waals surface area contributed by atoms with E-state index in [0.717, 1.165) is 67.9 Å². The smallest absolute Gasteiger partial charge is 0.154 e. The van der Waals surface area contributed by atoms with Crippen LogP contribution in [0.1, 0.15) is 44.9 Å². The molecule has 2 aromatic rings. The van der Waals surface area contributed by atoms with E-state index in [0.29, 0.717) is 0 Å². The Balaban J connectivity index is 1.90. The Morgan fingerprint density at radius 1 is 1.42 bits per heavy atom. The fourth-order valence-corrected chi connectivity index (χ4v) is 3.47. The third-order valence-electron chi connectivity index (χ3n) is 4.60. The quantitative estimate of drug-likeness (QED) is 0.778. The molecule has 24 heavy (non-hydrogen) atoms. The summed E-state index contributed by atoms with van der Waals surface area (Å²) in [4.78, 5) is 9.22. The summed E-state index contributed by atoms with van der Waals surface area (Å²) in [7, 11) is 0. The van der Waals surface area contributed by atoms with E-state index in [4.69, 9.17) is 4.74 Å². The summed E-state index contributed by atoms with van der Waals surface area (Å²) in [5, 5.41) is 12.9. The van der Waals surface area contributed by atoms with Gasteiger partial charge < -0.3 is 19.7 Å². The number of rotatable bonds is 8. The lowest BCUT2D eigenvalue weighted by molar-refractivity contribution is 0.0980. The van der Waals surface area contributed by atoms with Gasteiger partial charge in [-0.1, -0.05) is 13.3 Å². The van der Waals surface area contributed by atoms with E-state index in [2.05, 4.69) is 33.0 Å². The molecule has 1 fully saturated rings. The topological polar surface area (TPSA) is 72.2 Å². The van der Waals surface area contributed by atoms with Gasteiger partial charge in [0.25, 0.3) is 0 Å². The first-order chi connectivity index (χ1) is 11.7. The van der Waals surface area contributed by atoms with Crippen molar-refractivity contribution >= 4 is 16.9 Å². The number of ether oxygens (including phenoxy) is 1. The molecule has 2 aromatic heterocycles. The van der Waals surface area contributed by atoms with Crippen LogP contribution in [0.25, 0.3) is 11.0 Å². The largest absolute Gasteiger partial charge is 0.396 e. The second-order valence-electron chi connectivity index (χ2n) is 6.60. The van der Waals surface area contributed by atoms with Gasteiger partial charge in [-0.15, -0.1) is 0 Å². The maximum Gasteiger partial charge on any atom is 0.154 e. The maximum absolute atomic E-state index is 9.32. The molecule has 0 radical (unpaired) electrons. The molecule has 1 aliphatic rings. The van der Waals surface area contributed by atoms with Gasteiger partial charge in [0.2, 0.25) is 0 Å². The van der Waals surface area contributed by atoms with Gasteiger partial charge in [0.1, 0.15) is 11.3 Å². The Morgan fingerprint density at radius 3 is 3.00 bits per heavy atom. The zero-order valence-corrected chi connectivity index (χ0v) is 14.7. The van der Waals surface area contributed by atoms with Crippen molar-refractivity contribution in [3.63, 3.8) is 0 Å². The maximum atomic E-state index is 9.32. The Bertz CT molecular complexity index is 658. The normalized spacial score (nSPS) is 19.0. The summed E-state index contributed by atoms with van der Waals surface area (Å²) < 4.78 is 7.99. The molecule has 2 unspecified atom stereocenters. The number of aromatic nitrogens is 3. The van der Waals surface area contributed by atoms with Crippen LogP contribution < -0.4 is 5.32 Å². The van der Waals surface area contributed by atoms with Gasteiger partial charge in [0.15, 0.2) is 5.82 Å². The number of anilines is 1. The van der Waals surface area contributed by atoms with Crippen molar-refractivity contribution in [2.45, 2.75) is 64.6 Å². The van der Waals surface area contributed by atoms with Gasteiger partial charge in [-0.3, -0.25) is 0 Å². The molecule has 132 valence electrons. The number of fused-ring (bicyclic) bond motifs is 1. The van der Waals surface area contributed by atoms with Gasteiger partial charge in [-0.25, -0.2) is 9.97 Å². The molecule has 6 nitrogen and oxygen atoms in total. The average molecular weight is 332 g/mol. The second kappa shape index (κ2) is 7.94. The first-order valence-electron chi connectivity index (χ1n) is 9.03. The van der Waals surface area contributed by atoms with Gasteiger partial charge in [0, 0.05) is 32.0 Å². The molecule has 2 atom stereocenters. The first-order valence-corrected chi connectivity index (χ1v) is 9.03. The Kier molecular flexibility index (Phi) is 5.68. The fraction of sp³-hybridized carbons (Fsp3) is 0.667. The van der Waals surface area contributed by atoms with E-state index in [1.54, 1.807) is 0 Å². The summed E-state index contributed by atoms with van der Waals surface area (Å²) >= 11 is 0. The molecule has 2 N–H and O–H groups in total. The zero-order chi connectivity index (χ0) is 16.9. The predicted octanol–water partition coefficient (Wildman–Crippen LogP) is 2.88. The molecule has 1 saturated heterocycles. The van der Waals surface area contributed by atoms with Crippen LogP contribution in [0.4, 0.5) is 5.82 Å². The lowest BCUT2D eigenvalue weighted by Crippen LogP contribution is -2.23. The van der Waals surface area contributed by atoms with Crippen molar-refractivity contribution in [3.8, 4) is 0 Å². The third kappa shape index (κ3) is 3.87. The molecule has 0 saturated carbocycles. The molecule has 6 heteroatoms. The van der Waals surface area contributed by atoms with Crippen molar-refractivity contribution in [1.82, 2.24) is 14.5 Å². The van der Waals surface area contributed by atoms with Crippen LogP contribution in [-0.4, -0.2) is 45.0 Å². The van der Waals surface area contributed by atoms with Crippen molar-refractivity contribution in [2.75, 3.05) is 18.5 Å². The van der Waals surface area contributed by atoms with E-state index in [-0.39, 0.29) is 18.8 Å². The minimum Gasteiger partial charge on any atom is -0.396 e. The van der Waals surface area contributed by atoms with E-state index >= 15 is 0 Å². The molecule has 0 amide bonds. The average Bonchev–Trinajstić information content (AvgIpc) is 3.18. The number of aryl methyl sites for hydroxylation is 1. The molecule has 0 bridgehead atoms. The van der Waals surface area contributed by atoms with Crippen LogP contribution in [0, 0.1) is 6.92 Å². The Labute approximate surface area is 143 Å². The SMILES string of the molecule is CCCC(CCO)Nc1nc(C)nc2ccn(CC3CCCO3)c12. The summed E-state index contributed by atoms with van der Waals surface area (Å²) in [5.41, 5.74) is 2.00. The van der Waals surface area contributed by atoms with Crippen LogP contribution >= 0.6 is 0 Å². The summed E-state index contributed by atoms with van der Waals surface area (Å²) in [5.74, 6) is 1.63. The van der Waals surface area contributed by atoms with Gasteiger partial charge in [-0.2, -0.15) is 0 Å². The summed E-state index contributed by atoms with van der Waals surface area (Å²) in [6.07, 6.45) is 7.41.